The number of carboxylic acid groups (broad SMARTS) is 1. The number of alkyl halides is 3. The summed E-state index contributed by atoms with van der Waals surface area (Å²) in [6, 6.07) is 17.6. The number of halogens is 3. The van der Waals surface area contributed by atoms with E-state index in [-0.39, 0.29) is 6.61 Å². The SMILES string of the molecule is Cc1cc(OC/C=C(/c2ccc(C#CCN3CCOCC3)cc2)c2ccc(C(F)(F)F)cc2)ccc1OC(C)C(=O)O. The Morgan fingerprint density at radius 1 is 1.05 bits per heavy atom. The van der Waals surface area contributed by atoms with Gasteiger partial charge in [0.05, 0.1) is 25.3 Å². The van der Waals surface area contributed by atoms with Crippen molar-refractivity contribution in [1.29, 1.82) is 0 Å². The molecule has 220 valence electrons. The minimum Gasteiger partial charge on any atom is -0.489 e. The number of aliphatic carboxylic acids is 1. The average molecular weight is 580 g/mol. The van der Waals surface area contributed by atoms with Gasteiger partial charge in [0, 0.05) is 18.7 Å². The van der Waals surface area contributed by atoms with Gasteiger partial charge in [-0.2, -0.15) is 13.2 Å². The maximum absolute atomic E-state index is 13.2. The summed E-state index contributed by atoms with van der Waals surface area (Å²) in [7, 11) is 0. The highest BCUT2D eigenvalue weighted by Crippen LogP contribution is 2.32. The second kappa shape index (κ2) is 14.1. The zero-order valence-electron chi connectivity index (χ0n) is 23.4. The monoisotopic (exact) mass is 579 g/mol. The number of benzene rings is 3. The minimum absolute atomic E-state index is 0.142. The second-order valence-electron chi connectivity index (χ2n) is 9.80. The van der Waals surface area contributed by atoms with Gasteiger partial charge in [-0.1, -0.05) is 36.1 Å². The van der Waals surface area contributed by atoms with Crippen LogP contribution in [0.1, 0.15) is 34.7 Å². The third-order valence-electron chi connectivity index (χ3n) is 6.69. The summed E-state index contributed by atoms with van der Waals surface area (Å²) in [5, 5.41) is 9.08. The largest absolute Gasteiger partial charge is 0.489 e. The highest BCUT2D eigenvalue weighted by molar-refractivity contribution is 5.80. The number of morpholine rings is 1. The van der Waals surface area contributed by atoms with Crippen molar-refractivity contribution in [2.24, 2.45) is 0 Å². The van der Waals surface area contributed by atoms with Gasteiger partial charge in [-0.25, -0.2) is 4.79 Å². The molecule has 0 amide bonds. The maximum atomic E-state index is 13.2. The molecular weight excluding hydrogens is 547 g/mol. The van der Waals surface area contributed by atoms with E-state index in [2.05, 4.69) is 16.7 Å². The molecule has 0 radical (unpaired) electrons. The summed E-state index contributed by atoms with van der Waals surface area (Å²) in [6.45, 7) is 7.18. The van der Waals surface area contributed by atoms with E-state index in [1.807, 2.05) is 30.3 Å². The summed E-state index contributed by atoms with van der Waals surface area (Å²) in [6.07, 6.45) is -3.61. The van der Waals surface area contributed by atoms with E-state index in [1.54, 1.807) is 25.1 Å². The Bertz CT molecular complexity index is 1450. The first-order valence-electron chi connectivity index (χ1n) is 13.5. The lowest BCUT2D eigenvalue weighted by Crippen LogP contribution is -2.36. The molecule has 1 fully saturated rings. The van der Waals surface area contributed by atoms with Gasteiger partial charge in [0.25, 0.3) is 0 Å². The number of nitrogens with zero attached hydrogens (tertiary/aromatic N) is 1. The standard InChI is InChI=1S/C33H32F3NO5/c1-23-22-29(13-14-31(23)42-24(2)32(38)39)41-19-15-30(27-9-11-28(12-10-27)33(34,35)36)26-7-5-25(6-8-26)4-3-16-37-17-20-40-21-18-37/h5-15,22,24H,16-21H2,1-2H3,(H,38,39)/b30-15-. The van der Waals surface area contributed by atoms with Crippen molar-refractivity contribution >= 4 is 11.5 Å². The minimum atomic E-state index is -4.43. The van der Waals surface area contributed by atoms with Crippen LogP contribution in [0.5, 0.6) is 11.5 Å². The van der Waals surface area contributed by atoms with Crippen molar-refractivity contribution < 1.29 is 37.3 Å². The fraction of sp³-hybridized carbons (Fsp3) is 0.303. The van der Waals surface area contributed by atoms with Crippen LogP contribution in [0, 0.1) is 18.8 Å². The normalized spacial score (nSPS) is 14.9. The Hall–Kier alpha value is -4.26. The van der Waals surface area contributed by atoms with Crippen LogP contribution >= 0.6 is 0 Å². The molecule has 1 heterocycles. The molecule has 4 rings (SSSR count). The first-order valence-corrected chi connectivity index (χ1v) is 13.5. The van der Waals surface area contributed by atoms with Crippen LogP contribution < -0.4 is 9.47 Å². The number of hydrogen-bond donors (Lipinski definition) is 1. The molecule has 0 saturated carbocycles. The Morgan fingerprint density at radius 2 is 1.69 bits per heavy atom. The summed E-state index contributed by atoms with van der Waals surface area (Å²) >= 11 is 0. The maximum Gasteiger partial charge on any atom is 0.416 e. The molecule has 1 saturated heterocycles. The van der Waals surface area contributed by atoms with Gasteiger partial charge < -0.3 is 19.3 Å². The molecule has 1 N–H and O–H groups in total. The summed E-state index contributed by atoms with van der Waals surface area (Å²) in [4.78, 5) is 13.3. The van der Waals surface area contributed by atoms with Crippen molar-refractivity contribution in [2.45, 2.75) is 26.1 Å². The number of aryl methyl sites for hydroxylation is 1. The number of carboxylic acids is 1. The van der Waals surface area contributed by atoms with Crippen LogP contribution in [0.2, 0.25) is 0 Å². The lowest BCUT2D eigenvalue weighted by atomic mass is 9.96. The third kappa shape index (κ3) is 8.62. The molecule has 3 aromatic rings. The first kappa shape index (κ1) is 30.7. The Balaban J connectivity index is 1.51. The summed E-state index contributed by atoms with van der Waals surface area (Å²) in [5.74, 6) is 6.27. The Kier molecular flexibility index (Phi) is 10.3. The molecule has 1 aliphatic heterocycles. The Labute approximate surface area is 243 Å². The lowest BCUT2D eigenvalue weighted by Gasteiger charge is -2.24. The molecule has 6 nitrogen and oxygen atoms in total. The summed E-state index contributed by atoms with van der Waals surface area (Å²) < 4.78 is 56.3. The molecule has 1 aliphatic rings. The predicted molar refractivity (Wildman–Crippen MR) is 154 cm³/mol. The van der Waals surface area contributed by atoms with E-state index in [9.17, 15) is 18.0 Å². The van der Waals surface area contributed by atoms with Gasteiger partial charge in [-0.3, -0.25) is 4.90 Å². The number of ether oxygens (including phenoxy) is 3. The van der Waals surface area contributed by atoms with Crippen LogP contribution in [0.4, 0.5) is 13.2 Å². The van der Waals surface area contributed by atoms with Gasteiger partial charge in [0.1, 0.15) is 18.1 Å². The molecule has 9 heteroatoms. The van der Waals surface area contributed by atoms with E-state index >= 15 is 0 Å². The van der Waals surface area contributed by atoms with Crippen molar-refractivity contribution in [3.05, 3.63) is 101 Å². The molecule has 0 aromatic heterocycles. The highest BCUT2D eigenvalue weighted by Gasteiger charge is 2.30. The molecule has 0 aliphatic carbocycles. The fourth-order valence-electron chi connectivity index (χ4n) is 4.29. The smallest absolute Gasteiger partial charge is 0.416 e. The summed E-state index contributed by atoms with van der Waals surface area (Å²) in [5.41, 5.74) is 2.95. The van der Waals surface area contributed by atoms with Crippen LogP contribution in [0.15, 0.2) is 72.8 Å². The second-order valence-corrected chi connectivity index (χ2v) is 9.80. The van der Waals surface area contributed by atoms with Crippen molar-refractivity contribution in [3.63, 3.8) is 0 Å². The van der Waals surface area contributed by atoms with Crippen molar-refractivity contribution in [3.8, 4) is 23.3 Å². The van der Waals surface area contributed by atoms with E-state index < -0.39 is 23.8 Å². The molecule has 0 bridgehead atoms. The van der Waals surface area contributed by atoms with Gasteiger partial charge in [0.2, 0.25) is 0 Å². The number of rotatable bonds is 9. The quantitative estimate of drug-likeness (QED) is 0.311. The number of carbonyl (C=O) groups is 1. The molecule has 42 heavy (non-hydrogen) atoms. The molecule has 0 spiro atoms. The zero-order valence-corrected chi connectivity index (χ0v) is 23.4. The lowest BCUT2D eigenvalue weighted by molar-refractivity contribution is -0.144. The zero-order chi connectivity index (χ0) is 30.1. The van der Waals surface area contributed by atoms with Crippen LogP contribution in [-0.2, 0) is 15.7 Å². The van der Waals surface area contributed by atoms with Crippen LogP contribution in [0.3, 0.4) is 0 Å². The van der Waals surface area contributed by atoms with Gasteiger partial charge in [-0.05, 0) is 84.7 Å². The van der Waals surface area contributed by atoms with Crippen molar-refractivity contribution in [2.75, 3.05) is 39.5 Å². The number of hydrogen-bond acceptors (Lipinski definition) is 5. The van der Waals surface area contributed by atoms with E-state index in [0.29, 0.717) is 48.0 Å². The molecular formula is C33H32F3NO5. The average Bonchev–Trinajstić information content (AvgIpc) is 2.97. The first-order chi connectivity index (χ1) is 20.1. The van der Waals surface area contributed by atoms with Crippen molar-refractivity contribution in [1.82, 2.24) is 4.90 Å². The van der Waals surface area contributed by atoms with Gasteiger partial charge >= 0.3 is 12.1 Å². The topological polar surface area (TPSA) is 68.2 Å². The molecule has 3 aromatic carbocycles. The fourth-order valence-corrected chi connectivity index (χ4v) is 4.29. The van der Waals surface area contributed by atoms with E-state index in [0.717, 1.165) is 36.3 Å². The third-order valence-corrected chi connectivity index (χ3v) is 6.69. The van der Waals surface area contributed by atoms with Gasteiger partial charge in [0.15, 0.2) is 6.10 Å². The molecule has 1 unspecified atom stereocenters. The van der Waals surface area contributed by atoms with E-state index in [4.69, 9.17) is 19.3 Å². The Morgan fingerprint density at radius 3 is 2.29 bits per heavy atom. The van der Waals surface area contributed by atoms with Gasteiger partial charge in [-0.15, -0.1) is 0 Å². The van der Waals surface area contributed by atoms with Crippen LogP contribution in [-0.4, -0.2) is 61.5 Å². The van der Waals surface area contributed by atoms with Crippen LogP contribution in [0.25, 0.3) is 5.57 Å². The van der Waals surface area contributed by atoms with E-state index in [1.165, 1.54) is 19.1 Å². The highest BCUT2D eigenvalue weighted by atomic mass is 19.4. The predicted octanol–water partition coefficient (Wildman–Crippen LogP) is 6.06. The molecule has 1 atom stereocenters.